The zero-order valence-electron chi connectivity index (χ0n) is 13.4. The smallest absolute Gasteiger partial charge is 0.236 e. The quantitative estimate of drug-likeness (QED) is 0.820. The van der Waals surface area contributed by atoms with Gasteiger partial charge in [0, 0.05) is 11.4 Å². The number of nitrogens with one attached hydrogen (secondary N) is 2. The topological polar surface area (TPSA) is 41.1 Å². The first-order valence-corrected chi connectivity index (χ1v) is 8.69. The highest BCUT2D eigenvalue weighted by molar-refractivity contribution is 7.10. The van der Waals surface area contributed by atoms with Crippen LogP contribution in [-0.2, 0) is 11.2 Å². The van der Waals surface area contributed by atoms with Crippen molar-refractivity contribution < 1.29 is 4.79 Å². The Hall–Kier alpha value is -1.65. The second kappa shape index (κ2) is 8.11. The van der Waals surface area contributed by atoms with E-state index in [4.69, 9.17) is 0 Å². The molecule has 22 heavy (non-hydrogen) atoms. The van der Waals surface area contributed by atoms with Crippen LogP contribution < -0.4 is 10.6 Å². The van der Waals surface area contributed by atoms with E-state index in [1.54, 1.807) is 11.3 Å². The molecule has 1 heterocycles. The summed E-state index contributed by atoms with van der Waals surface area (Å²) in [6.45, 7) is 6.65. The fourth-order valence-corrected chi connectivity index (χ4v) is 3.21. The molecule has 1 aromatic carbocycles. The summed E-state index contributed by atoms with van der Waals surface area (Å²) in [5.41, 5.74) is 2.52. The summed E-state index contributed by atoms with van der Waals surface area (Å²) in [6, 6.07) is 12.6. The second-order valence-electron chi connectivity index (χ2n) is 5.33. The minimum absolute atomic E-state index is 0.0363. The molecule has 2 atom stereocenters. The van der Waals surface area contributed by atoms with Gasteiger partial charge in [-0.3, -0.25) is 10.1 Å². The molecule has 0 fully saturated rings. The lowest BCUT2D eigenvalue weighted by Gasteiger charge is -2.22. The lowest BCUT2D eigenvalue weighted by Crippen LogP contribution is -2.43. The number of rotatable bonds is 7. The van der Waals surface area contributed by atoms with Crippen molar-refractivity contribution in [3.05, 3.63) is 57.8 Å². The van der Waals surface area contributed by atoms with Gasteiger partial charge in [0.2, 0.25) is 5.91 Å². The molecule has 3 nitrogen and oxygen atoms in total. The lowest BCUT2D eigenvalue weighted by molar-refractivity contribution is -0.122. The van der Waals surface area contributed by atoms with Gasteiger partial charge in [-0.05, 0) is 42.8 Å². The van der Waals surface area contributed by atoms with Gasteiger partial charge in [0.05, 0.1) is 12.1 Å². The van der Waals surface area contributed by atoms with E-state index in [9.17, 15) is 4.79 Å². The molecule has 2 N–H and O–H groups in total. The minimum atomic E-state index is -0.238. The van der Waals surface area contributed by atoms with Gasteiger partial charge in [0.25, 0.3) is 0 Å². The van der Waals surface area contributed by atoms with E-state index in [0.29, 0.717) is 6.54 Å². The van der Waals surface area contributed by atoms with Crippen molar-refractivity contribution in [3.8, 4) is 0 Å². The molecule has 0 bridgehead atoms. The molecular weight excluding hydrogens is 292 g/mol. The van der Waals surface area contributed by atoms with Gasteiger partial charge in [-0.25, -0.2) is 0 Å². The lowest BCUT2D eigenvalue weighted by atomic mass is 10.0. The van der Waals surface area contributed by atoms with Crippen LogP contribution in [-0.4, -0.2) is 18.5 Å². The molecule has 2 rings (SSSR count). The van der Waals surface area contributed by atoms with Gasteiger partial charge < -0.3 is 5.32 Å². The Morgan fingerprint density at radius 3 is 2.45 bits per heavy atom. The maximum Gasteiger partial charge on any atom is 0.236 e. The highest BCUT2D eigenvalue weighted by atomic mass is 32.1. The average Bonchev–Trinajstić information content (AvgIpc) is 3.07. The monoisotopic (exact) mass is 316 g/mol. The number of amides is 1. The summed E-state index contributed by atoms with van der Waals surface area (Å²) >= 11 is 1.71. The van der Waals surface area contributed by atoms with Crippen LogP contribution in [0.1, 0.15) is 42.8 Å². The van der Waals surface area contributed by atoms with Crippen LogP contribution in [0.15, 0.2) is 41.8 Å². The first-order chi connectivity index (χ1) is 10.7. The maximum absolute atomic E-state index is 12.0. The van der Waals surface area contributed by atoms with Crippen LogP contribution in [0, 0.1) is 0 Å². The van der Waals surface area contributed by atoms with Gasteiger partial charge in [-0.15, -0.1) is 11.3 Å². The largest absolute Gasteiger partial charge is 0.355 e. The molecular formula is C18H24N2OS. The fraction of sp³-hybridized carbons (Fsp3) is 0.389. The number of carbonyl (C=O) groups excluding carboxylic acids is 1. The van der Waals surface area contributed by atoms with Gasteiger partial charge in [0.15, 0.2) is 0 Å². The van der Waals surface area contributed by atoms with Crippen LogP contribution in [0.4, 0.5) is 0 Å². The van der Waals surface area contributed by atoms with Crippen LogP contribution in [0.2, 0.25) is 0 Å². The van der Waals surface area contributed by atoms with E-state index < -0.39 is 0 Å². The summed E-state index contributed by atoms with van der Waals surface area (Å²) < 4.78 is 0. The van der Waals surface area contributed by atoms with Crippen molar-refractivity contribution in [2.75, 3.05) is 6.54 Å². The molecule has 118 valence electrons. The van der Waals surface area contributed by atoms with Crippen LogP contribution in [0.5, 0.6) is 0 Å². The van der Waals surface area contributed by atoms with Gasteiger partial charge in [-0.2, -0.15) is 0 Å². The number of hydrogen-bond donors (Lipinski definition) is 2. The molecule has 0 spiro atoms. The van der Waals surface area contributed by atoms with E-state index in [1.807, 2.05) is 19.9 Å². The van der Waals surface area contributed by atoms with Crippen molar-refractivity contribution in [2.24, 2.45) is 0 Å². The molecule has 1 amide bonds. The van der Waals surface area contributed by atoms with E-state index in [1.165, 1.54) is 16.0 Å². The van der Waals surface area contributed by atoms with Crippen molar-refractivity contribution >= 4 is 17.2 Å². The summed E-state index contributed by atoms with van der Waals surface area (Å²) in [4.78, 5) is 13.2. The molecule has 2 aromatic rings. The Bertz CT molecular complexity index is 578. The van der Waals surface area contributed by atoms with Gasteiger partial charge in [0.1, 0.15) is 0 Å². The van der Waals surface area contributed by atoms with Crippen LogP contribution in [0.25, 0.3) is 0 Å². The van der Waals surface area contributed by atoms with Crippen molar-refractivity contribution in [1.82, 2.24) is 10.6 Å². The Balaban J connectivity index is 2.21. The molecule has 0 radical (unpaired) electrons. The number of carbonyl (C=O) groups is 1. The highest BCUT2D eigenvalue weighted by Gasteiger charge is 2.21. The zero-order valence-corrected chi connectivity index (χ0v) is 14.2. The Labute approximate surface area is 136 Å². The van der Waals surface area contributed by atoms with Gasteiger partial charge in [-0.1, -0.05) is 37.3 Å². The first kappa shape index (κ1) is 16.7. The number of likely N-dealkylation sites (N-methyl/N-ethyl adjacent to an activating group) is 1. The molecule has 0 aliphatic rings. The standard InChI is InChI=1S/C18H24N2OS/c1-4-14-8-10-15(11-9-14)17(16-7-6-12-22-16)20-13(3)18(21)19-5-2/h6-13,17,20H,4-5H2,1-3H3,(H,19,21)/t13-,17-/m1/s1. The average molecular weight is 316 g/mol. The van der Waals surface area contributed by atoms with Gasteiger partial charge >= 0.3 is 0 Å². The summed E-state index contributed by atoms with van der Waals surface area (Å²) in [5, 5.41) is 8.39. The number of benzene rings is 1. The predicted octanol–water partition coefficient (Wildman–Crippen LogP) is 3.51. The van der Waals surface area contributed by atoms with E-state index in [2.05, 4.69) is 53.3 Å². The van der Waals surface area contributed by atoms with Crippen LogP contribution in [0.3, 0.4) is 0 Å². The van der Waals surface area contributed by atoms with Crippen molar-refractivity contribution in [2.45, 2.75) is 39.3 Å². The van der Waals surface area contributed by atoms with E-state index in [-0.39, 0.29) is 18.0 Å². The normalized spacial score (nSPS) is 13.6. The third-order valence-corrected chi connectivity index (χ3v) is 4.65. The number of thiophene rings is 1. The SMILES string of the molecule is CCNC(=O)[C@@H](C)N[C@H](c1ccc(CC)cc1)c1cccs1. The maximum atomic E-state index is 12.0. The van der Waals surface area contributed by atoms with Crippen LogP contribution >= 0.6 is 11.3 Å². The molecule has 0 aliphatic carbocycles. The molecule has 0 saturated carbocycles. The minimum Gasteiger partial charge on any atom is -0.355 e. The molecule has 1 aromatic heterocycles. The third-order valence-electron chi connectivity index (χ3n) is 3.71. The Morgan fingerprint density at radius 2 is 1.91 bits per heavy atom. The Morgan fingerprint density at radius 1 is 1.18 bits per heavy atom. The highest BCUT2D eigenvalue weighted by Crippen LogP contribution is 2.27. The zero-order chi connectivity index (χ0) is 15.9. The number of hydrogen-bond acceptors (Lipinski definition) is 3. The predicted molar refractivity (Wildman–Crippen MR) is 93.3 cm³/mol. The summed E-state index contributed by atoms with van der Waals surface area (Å²) in [5.74, 6) is 0.0363. The van der Waals surface area contributed by atoms with Crippen molar-refractivity contribution in [3.63, 3.8) is 0 Å². The molecule has 0 saturated heterocycles. The molecule has 4 heteroatoms. The van der Waals surface area contributed by atoms with E-state index in [0.717, 1.165) is 6.42 Å². The third kappa shape index (κ3) is 4.18. The second-order valence-corrected chi connectivity index (χ2v) is 6.31. The van der Waals surface area contributed by atoms with Crippen molar-refractivity contribution in [1.29, 1.82) is 0 Å². The summed E-state index contributed by atoms with van der Waals surface area (Å²) in [7, 11) is 0. The van der Waals surface area contributed by atoms with E-state index >= 15 is 0 Å². The fourth-order valence-electron chi connectivity index (χ4n) is 2.40. The Kier molecular flexibility index (Phi) is 6.16. The molecule has 0 aliphatic heterocycles. The first-order valence-electron chi connectivity index (χ1n) is 7.81. The summed E-state index contributed by atoms with van der Waals surface area (Å²) in [6.07, 6.45) is 1.03. The molecule has 0 unspecified atom stereocenters. The number of aryl methyl sites for hydroxylation is 1.